The van der Waals surface area contributed by atoms with E-state index >= 15 is 0 Å². The summed E-state index contributed by atoms with van der Waals surface area (Å²) in [6.45, 7) is 1.82. The SMILES string of the molecule is CCC=CC(=O)OC(=O)O. The third-order valence-corrected chi connectivity index (χ3v) is 0.678. The van der Waals surface area contributed by atoms with Gasteiger partial charge in [-0.25, -0.2) is 9.59 Å². The summed E-state index contributed by atoms with van der Waals surface area (Å²) in [7, 11) is 0. The molecule has 0 spiro atoms. The molecule has 0 bridgehead atoms. The first-order chi connectivity index (χ1) is 4.66. The zero-order valence-corrected chi connectivity index (χ0v) is 5.53. The Balaban J connectivity index is 3.64. The Bertz CT molecular complexity index is 159. The van der Waals surface area contributed by atoms with Crippen LogP contribution >= 0.6 is 0 Å². The van der Waals surface area contributed by atoms with Gasteiger partial charge in [-0.05, 0) is 6.42 Å². The summed E-state index contributed by atoms with van der Waals surface area (Å²) in [5.41, 5.74) is 0. The van der Waals surface area contributed by atoms with Gasteiger partial charge in [0.2, 0.25) is 0 Å². The normalized spacial score (nSPS) is 9.70. The van der Waals surface area contributed by atoms with Gasteiger partial charge in [0.05, 0.1) is 0 Å². The predicted molar refractivity (Wildman–Crippen MR) is 33.5 cm³/mol. The van der Waals surface area contributed by atoms with Crippen molar-refractivity contribution >= 4 is 12.1 Å². The lowest BCUT2D eigenvalue weighted by Gasteiger charge is -1.89. The van der Waals surface area contributed by atoms with Gasteiger partial charge in [-0.1, -0.05) is 13.0 Å². The van der Waals surface area contributed by atoms with Gasteiger partial charge in [0.15, 0.2) is 0 Å². The van der Waals surface area contributed by atoms with Gasteiger partial charge in [-0.3, -0.25) is 0 Å². The van der Waals surface area contributed by atoms with Gasteiger partial charge in [0.25, 0.3) is 0 Å². The second kappa shape index (κ2) is 4.55. The Morgan fingerprint density at radius 2 is 2.20 bits per heavy atom. The first-order valence-corrected chi connectivity index (χ1v) is 2.78. The minimum atomic E-state index is -1.58. The minimum absolute atomic E-state index is 0.675. The number of carbonyl (C=O) groups is 2. The van der Waals surface area contributed by atoms with E-state index < -0.39 is 12.1 Å². The lowest BCUT2D eigenvalue weighted by atomic mass is 10.4. The second-order valence-corrected chi connectivity index (χ2v) is 1.50. The highest BCUT2D eigenvalue weighted by Gasteiger charge is 2.01. The molecule has 0 aromatic heterocycles. The molecule has 1 N–H and O–H groups in total. The Morgan fingerprint density at radius 1 is 1.60 bits per heavy atom. The first-order valence-electron chi connectivity index (χ1n) is 2.78. The molecule has 56 valence electrons. The molecule has 0 fully saturated rings. The summed E-state index contributed by atoms with van der Waals surface area (Å²) in [6, 6.07) is 0. The van der Waals surface area contributed by atoms with E-state index in [9.17, 15) is 9.59 Å². The fraction of sp³-hybridized carbons (Fsp3) is 0.333. The Morgan fingerprint density at radius 3 is 2.60 bits per heavy atom. The third-order valence-electron chi connectivity index (χ3n) is 0.678. The van der Waals surface area contributed by atoms with Crippen LogP contribution in [0.15, 0.2) is 12.2 Å². The van der Waals surface area contributed by atoms with Crippen molar-refractivity contribution < 1.29 is 19.4 Å². The molecule has 0 aliphatic carbocycles. The van der Waals surface area contributed by atoms with Crippen LogP contribution in [0.2, 0.25) is 0 Å². The number of carbonyl (C=O) groups excluding carboxylic acids is 1. The summed E-state index contributed by atoms with van der Waals surface area (Å²) in [5, 5.41) is 7.91. The van der Waals surface area contributed by atoms with Gasteiger partial charge >= 0.3 is 12.1 Å². The molecule has 0 heterocycles. The summed E-state index contributed by atoms with van der Waals surface area (Å²) in [6.07, 6.45) is 1.69. The minimum Gasteiger partial charge on any atom is -0.449 e. The number of hydrogen-bond acceptors (Lipinski definition) is 3. The molecule has 4 heteroatoms. The number of allylic oxidation sites excluding steroid dienone is 1. The van der Waals surface area contributed by atoms with Crippen LogP contribution in [-0.4, -0.2) is 17.2 Å². The Hall–Kier alpha value is -1.32. The molecule has 10 heavy (non-hydrogen) atoms. The molecule has 0 atom stereocenters. The average molecular weight is 144 g/mol. The molecular formula is C6H8O4. The molecule has 0 rings (SSSR count). The van der Waals surface area contributed by atoms with Crippen molar-refractivity contribution in [2.75, 3.05) is 0 Å². The molecule has 0 aromatic carbocycles. The summed E-state index contributed by atoms with van der Waals surface area (Å²) in [5.74, 6) is -0.852. The van der Waals surface area contributed by atoms with Crippen LogP contribution in [0.3, 0.4) is 0 Å². The van der Waals surface area contributed by atoms with Crippen molar-refractivity contribution in [1.82, 2.24) is 0 Å². The molecule has 0 amide bonds. The van der Waals surface area contributed by atoms with Crippen molar-refractivity contribution in [3.8, 4) is 0 Å². The lowest BCUT2D eigenvalue weighted by molar-refractivity contribution is -0.133. The zero-order valence-electron chi connectivity index (χ0n) is 5.53. The van der Waals surface area contributed by atoms with Crippen LogP contribution in [0, 0.1) is 0 Å². The van der Waals surface area contributed by atoms with Crippen molar-refractivity contribution in [1.29, 1.82) is 0 Å². The maximum atomic E-state index is 10.3. The highest BCUT2D eigenvalue weighted by molar-refractivity contribution is 5.89. The predicted octanol–water partition coefficient (Wildman–Crippen LogP) is 1.17. The number of esters is 1. The standard InChI is InChI=1S/C6H8O4/c1-2-3-4-5(7)10-6(8)9/h3-4H,2H2,1H3,(H,8,9). The van der Waals surface area contributed by atoms with E-state index in [0.29, 0.717) is 6.42 Å². The van der Waals surface area contributed by atoms with Crippen LogP contribution in [0.25, 0.3) is 0 Å². The topological polar surface area (TPSA) is 63.6 Å². The monoisotopic (exact) mass is 144 g/mol. The van der Waals surface area contributed by atoms with Crippen LogP contribution in [0.4, 0.5) is 4.79 Å². The van der Waals surface area contributed by atoms with Crippen LogP contribution < -0.4 is 0 Å². The van der Waals surface area contributed by atoms with Gasteiger partial charge in [0, 0.05) is 6.08 Å². The maximum absolute atomic E-state index is 10.3. The van der Waals surface area contributed by atoms with E-state index in [1.165, 1.54) is 6.08 Å². The van der Waals surface area contributed by atoms with Gasteiger partial charge in [0.1, 0.15) is 0 Å². The molecule has 4 nitrogen and oxygen atoms in total. The molecule has 0 saturated heterocycles. The molecule has 0 aromatic rings. The smallest absolute Gasteiger partial charge is 0.449 e. The van der Waals surface area contributed by atoms with Crippen molar-refractivity contribution in [3.63, 3.8) is 0 Å². The van der Waals surface area contributed by atoms with Crippen LogP contribution in [0.1, 0.15) is 13.3 Å². The second-order valence-electron chi connectivity index (χ2n) is 1.50. The third kappa shape index (κ3) is 4.83. The molecule has 0 aliphatic rings. The van der Waals surface area contributed by atoms with Crippen LogP contribution in [-0.2, 0) is 9.53 Å². The van der Waals surface area contributed by atoms with E-state index in [1.54, 1.807) is 0 Å². The number of carboxylic acid groups (broad SMARTS) is 1. The number of rotatable bonds is 2. The van der Waals surface area contributed by atoms with Crippen molar-refractivity contribution in [3.05, 3.63) is 12.2 Å². The van der Waals surface area contributed by atoms with E-state index in [0.717, 1.165) is 6.08 Å². The average Bonchev–Trinajstić information content (AvgIpc) is 1.82. The molecule has 0 unspecified atom stereocenters. The van der Waals surface area contributed by atoms with Crippen LogP contribution in [0.5, 0.6) is 0 Å². The summed E-state index contributed by atoms with van der Waals surface area (Å²) < 4.78 is 3.74. The zero-order chi connectivity index (χ0) is 7.98. The fourth-order valence-electron chi connectivity index (χ4n) is 0.334. The van der Waals surface area contributed by atoms with E-state index in [-0.39, 0.29) is 0 Å². The molecule has 0 saturated carbocycles. The van der Waals surface area contributed by atoms with E-state index in [2.05, 4.69) is 4.74 Å². The van der Waals surface area contributed by atoms with Gasteiger partial charge in [-0.15, -0.1) is 0 Å². The highest BCUT2D eigenvalue weighted by atomic mass is 16.7. The highest BCUT2D eigenvalue weighted by Crippen LogP contribution is 1.84. The summed E-state index contributed by atoms with van der Waals surface area (Å²) >= 11 is 0. The number of hydrogen-bond donors (Lipinski definition) is 1. The quantitative estimate of drug-likeness (QED) is 0.359. The first kappa shape index (κ1) is 8.68. The van der Waals surface area contributed by atoms with Gasteiger partial charge in [-0.2, -0.15) is 0 Å². The molecule has 0 radical (unpaired) electrons. The summed E-state index contributed by atoms with van der Waals surface area (Å²) in [4.78, 5) is 20.0. The van der Waals surface area contributed by atoms with Gasteiger partial charge < -0.3 is 9.84 Å². The van der Waals surface area contributed by atoms with E-state index in [1.807, 2.05) is 6.92 Å². The molecule has 0 aliphatic heterocycles. The largest absolute Gasteiger partial charge is 0.513 e. The maximum Gasteiger partial charge on any atom is 0.513 e. The Labute approximate surface area is 58.1 Å². The lowest BCUT2D eigenvalue weighted by Crippen LogP contribution is -2.06. The fourth-order valence-corrected chi connectivity index (χ4v) is 0.334. The van der Waals surface area contributed by atoms with Crippen molar-refractivity contribution in [2.24, 2.45) is 0 Å². The van der Waals surface area contributed by atoms with E-state index in [4.69, 9.17) is 5.11 Å². The van der Waals surface area contributed by atoms with Crippen molar-refractivity contribution in [2.45, 2.75) is 13.3 Å². The number of ether oxygens (including phenoxy) is 1. The molecular weight excluding hydrogens is 136 g/mol. The Kier molecular flexibility index (Phi) is 3.95.